The number of hydrogen-bond acceptors (Lipinski definition) is 1. The van der Waals surface area contributed by atoms with Crippen molar-refractivity contribution in [3.8, 4) is 0 Å². The van der Waals surface area contributed by atoms with Gasteiger partial charge in [-0.1, -0.05) is 62.5 Å². The van der Waals surface area contributed by atoms with Crippen molar-refractivity contribution in [2.45, 2.75) is 19.4 Å². The van der Waals surface area contributed by atoms with Gasteiger partial charge in [-0.15, -0.1) is 0 Å². The van der Waals surface area contributed by atoms with E-state index in [1.807, 2.05) is 37.3 Å². The molecule has 0 aliphatic carbocycles. The van der Waals surface area contributed by atoms with Gasteiger partial charge in [0.05, 0.1) is 6.04 Å². The number of carbonyl (C=O) groups is 1. The standard InChI is InChI=1S/C16H14Br2ClNO/c1-2-15(10-3-5-14(19)6-4-10)20-16(21)11-7-12(17)9-13(18)8-11/h3-9,15H,2H2,1H3,(H,20,21). The van der Waals surface area contributed by atoms with Crippen LogP contribution in [0.5, 0.6) is 0 Å². The zero-order chi connectivity index (χ0) is 15.4. The SMILES string of the molecule is CCC(NC(=O)c1cc(Br)cc(Br)c1)c1ccc(Cl)cc1. The molecule has 2 aromatic rings. The summed E-state index contributed by atoms with van der Waals surface area (Å²) in [4.78, 5) is 12.4. The van der Waals surface area contributed by atoms with E-state index in [1.54, 1.807) is 12.1 Å². The summed E-state index contributed by atoms with van der Waals surface area (Å²) in [5, 5.41) is 3.74. The summed E-state index contributed by atoms with van der Waals surface area (Å²) in [6, 6.07) is 13.0. The number of hydrogen-bond donors (Lipinski definition) is 1. The fraction of sp³-hybridized carbons (Fsp3) is 0.188. The molecule has 21 heavy (non-hydrogen) atoms. The Morgan fingerprint density at radius 3 is 2.24 bits per heavy atom. The second-order valence-corrected chi connectivity index (χ2v) is 6.91. The predicted octanol–water partition coefficient (Wildman–Crippen LogP) is 5.75. The largest absolute Gasteiger partial charge is 0.345 e. The monoisotopic (exact) mass is 429 g/mol. The van der Waals surface area contributed by atoms with Crippen LogP contribution in [-0.2, 0) is 0 Å². The van der Waals surface area contributed by atoms with Crippen LogP contribution in [0.25, 0.3) is 0 Å². The van der Waals surface area contributed by atoms with Crippen molar-refractivity contribution in [2.24, 2.45) is 0 Å². The molecule has 0 bridgehead atoms. The van der Waals surface area contributed by atoms with Crippen LogP contribution in [-0.4, -0.2) is 5.91 Å². The summed E-state index contributed by atoms with van der Waals surface area (Å²) in [7, 11) is 0. The molecule has 0 heterocycles. The van der Waals surface area contributed by atoms with E-state index >= 15 is 0 Å². The molecule has 1 unspecified atom stereocenters. The van der Waals surface area contributed by atoms with E-state index in [0.717, 1.165) is 20.9 Å². The highest BCUT2D eigenvalue weighted by Gasteiger charge is 2.14. The molecule has 2 nitrogen and oxygen atoms in total. The Morgan fingerprint density at radius 1 is 1.14 bits per heavy atom. The van der Waals surface area contributed by atoms with E-state index in [2.05, 4.69) is 37.2 Å². The summed E-state index contributed by atoms with van der Waals surface area (Å²) in [5.74, 6) is -0.0983. The molecule has 0 radical (unpaired) electrons. The second-order valence-electron chi connectivity index (χ2n) is 4.64. The number of nitrogens with one attached hydrogen (secondary N) is 1. The molecule has 0 saturated heterocycles. The Hall–Kier alpha value is -0.840. The molecule has 0 aromatic heterocycles. The van der Waals surface area contributed by atoms with Gasteiger partial charge in [-0.25, -0.2) is 0 Å². The van der Waals surface area contributed by atoms with Crippen LogP contribution in [0.15, 0.2) is 51.4 Å². The molecule has 0 aliphatic heterocycles. The maximum atomic E-state index is 12.4. The highest BCUT2D eigenvalue weighted by Crippen LogP contribution is 2.22. The summed E-state index contributed by atoms with van der Waals surface area (Å²) in [5.41, 5.74) is 1.66. The van der Waals surface area contributed by atoms with Gasteiger partial charge in [0.25, 0.3) is 5.91 Å². The van der Waals surface area contributed by atoms with Gasteiger partial charge >= 0.3 is 0 Å². The molecule has 1 amide bonds. The average molecular weight is 432 g/mol. The van der Waals surface area contributed by atoms with Gasteiger partial charge in [0, 0.05) is 19.5 Å². The maximum Gasteiger partial charge on any atom is 0.251 e. The van der Waals surface area contributed by atoms with Crippen LogP contribution >= 0.6 is 43.5 Å². The van der Waals surface area contributed by atoms with Gasteiger partial charge in [0.1, 0.15) is 0 Å². The van der Waals surface area contributed by atoms with Crippen LogP contribution in [0.4, 0.5) is 0 Å². The van der Waals surface area contributed by atoms with Crippen molar-refractivity contribution in [2.75, 3.05) is 0 Å². The van der Waals surface area contributed by atoms with Gasteiger partial charge in [0.15, 0.2) is 0 Å². The minimum atomic E-state index is -0.0983. The first-order valence-corrected chi connectivity index (χ1v) is 8.48. The van der Waals surface area contributed by atoms with Crippen molar-refractivity contribution < 1.29 is 4.79 Å². The minimum absolute atomic E-state index is 0.0347. The van der Waals surface area contributed by atoms with Crippen LogP contribution in [0.3, 0.4) is 0 Å². The van der Waals surface area contributed by atoms with Gasteiger partial charge in [0.2, 0.25) is 0 Å². The number of halogens is 3. The summed E-state index contributed by atoms with van der Waals surface area (Å²) < 4.78 is 1.73. The second kappa shape index (κ2) is 7.43. The highest BCUT2D eigenvalue weighted by molar-refractivity contribution is 9.11. The lowest BCUT2D eigenvalue weighted by molar-refractivity contribution is 0.0935. The Bertz CT molecular complexity index is 623. The number of carbonyl (C=O) groups excluding carboxylic acids is 1. The van der Waals surface area contributed by atoms with E-state index in [9.17, 15) is 4.79 Å². The molecule has 0 saturated carbocycles. The van der Waals surface area contributed by atoms with E-state index in [1.165, 1.54) is 0 Å². The first kappa shape index (κ1) is 16.5. The number of benzene rings is 2. The third-order valence-electron chi connectivity index (χ3n) is 3.11. The van der Waals surface area contributed by atoms with Crippen molar-refractivity contribution >= 4 is 49.4 Å². The molecule has 2 rings (SSSR count). The minimum Gasteiger partial charge on any atom is -0.345 e. The molecular formula is C16H14Br2ClNO. The van der Waals surface area contributed by atoms with Crippen LogP contribution in [0.1, 0.15) is 35.3 Å². The van der Waals surface area contributed by atoms with Gasteiger partial charge in [-0.05, 0) is 42.3 Å². The lowest BCUT2D eigenvalue weighted by Gasteiger charge is -2.18. The first-order chi connectivity index (χ1) is 9.99. The van der Waals surface area contributed by atoms with E-state index in [0.29, 0.717) is 10.6 Å². The molecule has 2 aromatic carbocycles. The molecule has 110 valence electrons. The predicted molar refractivity (Wildman–Crippen MR) is 93.8 cm³/mol. The smallest absolute Gasteiger partial charge is 0.251 e. The normalized spacial score (nSPS) is 12.0. The Labute approximate surface area is 146 Å². The molecule has 5 heteroatoms. The van der Waals surface area contributed by atoms with Crippen molar-refractivity contribution in [3.05, 3.63) is 67.6 Å². The van der Waals surface area contributed by atoms with Crippen molar-refractivity contribution in [3.63, 3.8) is 0 Å². The average Bonchev–Trinajstić information content (AvgIpc) is 2.44. The molecule has 0 aliphatic rings. The fourth-order valence-corrected chi connectivity index (χ4v) is 3.46. The Balaban J connectivity index is 2.18. The van der Waals surface area contributed by atoms with Gasteiger partial charge in [-0.2, -0.15) is 0 Å². The first-order valence-electron chi connectivity index (χ1n) is 6.52. The quantitative estimate of drug-likeness (QED) is 0.657. The molecule has 1 N–H and O–H groups in total. The zero-order valence-corrected chi connectivity index (χ0v) is 15.3. The molecule has 0 fully saturated rings. The van der Waals surface area contributed by atoms with E-state index in [4.69, 9.17) is 11.6 Å². The van der Waals surface area contributed by atoms with Crippen LogP contribution in [0.2, 0.25) is 5.02 Å². The van der Waals surface area contributed by atoms with E-state index in [-0.39, 0.29) is 11.9 Å². The van der Waals surface area contributed by atoms with Gasteiger partial charge in [-0.3, -0.25) is 4.79 Å². The number of rotatable bonds is 4. The molecular weight excluding hydrogens is 417 g/mol. The van der Waals surface area contributed by atoms with Gasteiger partial charge < -0.3 is 5.32 Å². The summed E-state index contributed by atoms with van der Waals surface area (Å²) >= 11 is 12.7. The van der Waals surface area contributed by atoms with Crippen LogP contribution < -0.4 is 5.32 Å². The third kappa shape index (κ3) is 4.56. The summed E-state index contributed by atoms with van der Waals surface area (Å²) in [6.45, 7) is 2.04. The number of amides is 1. The zero-order valence-electron chi connectivity index (χ0n) is 11.4. The summed E-state index contributed by atoms with van der Waals surface area (Å²) in [6.07, 6.45) is 0.808. The van der Waals surface area contributed by atoms with Crippen LogP contribution in [0, 0.1) is 0 Å². The lowest BCUT2D eigenvalue weighted by atomic mass is 10.0. The van der Waals surface area contributed by atoms with E-state index < -0.39 is 0 Å². The third-order valence-corrected chi connectivity index (χ3v) is 4.28. The van der Waals surface area contributed by atoms with Crippen molar-refractivity contribution in [1.29, 1.82) is 0 Å². The Morgan fingerprint density at radius 2 is 1.71 bits per heavy atom. The highest BCUT2D eigenvalue weighted by atomic mass is 79.9. The molecule has 0 spiro atoms. The fourth-order valence-electron chi connectivity index (χ4n) is 2.04. The molecule has 1 atom stereocenters. The Kier molecular flexibility index (Phi) is 5.85. The van der Waals surface area contributed by atoms with Crippen molar-refractivity contribution in [1.82, 2.24) is 5.32 Å². The topological polar surface area (TPSA) is 29.1 Å². The maximum absolute atomic E-state index is 12.4. The lowest BCUT2D eigenvalue weighted by Crippen LogP contribution is -2.28.